The molecular weight excluding hydrogens is 356 g/mol. The van der Waals surface area contributed by atoms with Crippen LogP contribution in [0.15, 0.2) is 42.6 Å². The van der Waals surface area contributed by atoms with Gasteiger partial charge in [0.1, 0.15) is 5.75 Å². The second-order valence-corrected chi connectivity index (χ2v) is 6.48. The summed E-state index contributed by atoms with van der Waals surface area (Å²) in [6, 6.07) is 13.2. The van der Waals surface area contributed by atoms with Crippen molar-refractivity contribution in [1.82, 2.24) is 20.1 Å². The zero-order chi connectivity index (χ0) is 19.5. The number of aryl methyl sites for hydroxylation is 1. The summed E-state index contributed by atoms with van der Waals surface area (Å²) in [5.74, 6) is 1.11. The molecule has 142 valence electrons. The van der Waals surface area contributed by atoms with Crippen molar-refractivity contribution >= 4 is 0 Å². The molecule has 3 heterocycles. The molecule has 0 spiro atoms. The van der Waals surface area contributed by atoms with Gasteiger partial charge < -0.3 is 15.2 Å². The number of benzene rings is 1. The lowest BCUT2D eigenvalue weighted by Gasteiger charge is -2.11. The van der Waals surface area contributed by atoms with Crippen molar-refractivity contribution in [2.75, 3.05) is 13.3 Å². The van der Waals surface area contributed by atoms with Crippen LogP contribution in [0.2, 0.25) is 0 Å². The van der Waals surface area contributed by atoms with Gasteiger partial charge in [0.05, 0.1) is 42.4 Å². The van der Waals surface area contributed by atoms with Crippen LogP contribution in [0, 0.1) is 11.3 Å². The number of hydrogen-bond donors (Lipinski definition) is 2. The fourth-order valence-electron chi connectivity index (χ4n) is 3.03. The number of nitrogens with one attached hydrogen (secondary N) is 1. The summed E-state index contributed by atoms with van der Waals surface area (Å²) in [4.78, 5) is 4.48. The number of nitrogens with zero attached hydrogens (tertiary/aromatic N) is 4. The number of aromatic nitrogens is 3. The van der Waals surface area contributed by atoms with Gasteiger partial charge in [0.25, 0.3) is 0 Å². The minimum atomic E-state index is 0.0407. The predicted octanol–water partition coefficient (Wildman–Crippen LogP) is 2.22. The lowest BCUT2D eigenvalue weighted by molar-refractivity contribution is 0.189. The highest BCUT2D eigenvalue weighted by Gasteiger charge is 2.22. The average molecular weight is 376 g/mol. The SMILES string of the molecule is Cn1nc(C2COCN2)cc1Oc1cc(C#N)ccc1-c1ccc(CN)cn1. The summed E-state index contributed by atoms with van der Waals surface area (Å²) < 4.78 is 13.2. The Labute approximate surface area is 162 Å². The Balaban J connectivity index is 1.69. The van der Waals surface area contributed by atoms with Gasteiger partial charge in [-0.1, -0.05) is 6.07 Å². The van der Waals surface area contributed by atoms with Crippen LogP contribution >= 0.6 is 0 Å². The Hall–Kier alpha value is -3.25. The third-order valence-electron chi connectivity index (χ3n) is 4.59. The van der Waals surface area contributed by atoms with E-state index in [1.807, 2.05) is 31.3 Å². The molecule has 1 saturated heterocycles. The first kappa shape index (κ1) is 18.1. The second kappa shape index (κ2) is 7.78. The first-order valence-electron chi connectivity index (χ1n) is 8.90. The van der Waals surface area contributed by atoms with Crippen molar-refractivity contribution in [3.05, 3.63) is 59.4 Å². The quantitative estimate of drug-likeness (QED) is 0.702. The van der Waals surface area contributed by atoms with Crippen LogP contribution in [0.5, 0.6) is 11.6 Å². The molecule has 0 aliphatic carbocycles. The van der Waals surface area contributed by atoms with Gasteiger partial charge in [0.2, 0.25) is 5.88 Å². The largest absolute Gasteiger partial charge is 0.439 e. The number of ether oxygens (including phenoxy) is 2. The summed E-state index contributed by atoms with van der Waals surface area (Å²) in [5.41, 5.74) is 9.48. The van der Waals surface area contributed by atoms with E-state index in [0.29, 0.717) is 37.1 Å². The van der Waals surface area contributed by atoms with Gasteiger partial charge >= 0.3 is 0 Å². The third kappa shape index (κ3) is 3.59. The molecule has 1 atom stereocenters. The summed E-state index contributed by atoms with van der Waals surface area (Å²) in [7, 11) is 1.82. The molecule has 2 aromatic heterocycles. The van der Waals surface area contributed by atoms with Gasteiger partial charge in [0.15, 0.2) is 0 Å². The molecule has 0 amide bonds. The summed E-state index contributed by atoms with van der Waals surface area (Å²) in [6.45, 7) is 1.51. The molecule has 1 fully saturated rings. The highest BCUT2D eigenvalue weighted by Crippen LogP contribution is 2.34. The maximum atomic E-state index is 9.29. The van der Waals surface area contributed by atoms with Gasteiger partial charge in [0, 0.05) is 31.4 Å². The van der Waals surface area contributed by atoms with Crippen LogP contribution in [0.3, 0.4) is 0 Å². The standard InChI is InChI=1S/C20H20N6O2/c1-26-20(7-17(25-26)18-11-27-12-24-18)28-19-6-13(8-21)2-4-15(19)16-5-3-14(9-22)10-23-16/h2-7,10,18,24H,9,11-12,22H2,1H3. The molecule has 8 nitrogen and oxygen atoms in total. The maximum Gasteiger partial charge on any atom is 0.217 e. The molecule has 4 rings (SSSR count). The Morgan fingerprint density at radius 2 is 2.25 bits per heavy atom. The van der Waals surface area contributed by atoms with Crippen LogP contribution < -0.4 is 15.8 Å². The van der Waals surface area contributed by atoms with Gasteiger partial charge in [-0.3, -0.25) is 10.3 Å². The molecule has 0 bridgehead atoms. The van der Waals surface area contributed by atoms with Crippen molar-refractivity contribution in [1.29, 1.82) is 5.26 Å². The summed E-state index contributed by atoms with van der Waals surface area (Å²) in [6.07, 6.45) is 1.74. The Morgan fingerprint density at radius 3 is 2.93 bits per heavy atom. The maximum absolute atomic E-state index is 9.29. The van der Waals surface area contributed by atoms with E-state index in [1.165, 1.54) is 0 Å². The van der Waals surface area contributed by atoms with Crippen molar-refractivity contribution in [3.63, 3.8) is 0 Å². The molecule has 1 aliphatic rings. The van der Waals surface area contributed by atoms with Crippen molar-refractivity contribution < 1.29 is 9.47 Å². The number of pyridine rings is 1. The van der Waals surface area contributed by atoms with Crippen LogP contribution in [0.1, 0.15) is 22.9 Å². The molecular formula is C20H20N6O2. The number of rotatable bonds is 5. The van der Waals surface area contributed by atoms with E-state index >= 15 is 0 Å². The first-order valence-corrected chi connectivity index (χ1v) is 8.90. The molecule has 1 aromatic carbocycles. The smallest absolute Gasteiger partial charge is 0.217 e. The molecule has 8 heteroatoms. The molecule has 3 aromatic rings. The van der Waals surface area contributed by atoms with Crippen molar-refractivity contribution in [2.24, 2.45) is 12.8 Å². The number of nitriles is 1. The average Bonchev–Trinajstić information content (AvgIpc) is 3.38. The van der Waals surface area contributed by atoms with E-state index in [2.05, 4.69) is 21.5 Å². The van der Waals surface area contributed by atoms with E-state index in [1.54, 1.807) is 23.0 Å². The molecule has 1 aliphatic heterocycles. The molecule has 3 N–H and O–H groups in total. The second-order valence-electron chi connectivity index (χ2n) is 6.48. The first-order chi connectivity index (χ1) is 13.7. The van der Waals surface area contributed by atoms with Gasteiger partial charge in [-0.15, -0.1) is 0 Å². The third-order valence-corrected chi connectivity index (χ3v) is 4.59. The zero-order valence-corrected chi connectivity index (χ0v) is 15.4. The molecule has 0 saturated carbocycles. The molecule has 1 unspecified atom stereocenters. The lowest BCUT2D eigenvalue weighted by Crippen LogP contribution is -2.15. The predicted molar refractivity (Wildman–Crippen MR) is 102 cm³/mol. The highest BCUT2D eigenvalue weighted by atomic mass is 16.5. The van der Waals surface area contributed by atoms with Crippen LogP contribution in [-0.2, 0) is 18.3 Å². The van der Waals surface area contributed by atoms with Crippen LogP contribution in [-0.4, -0.2) is 28.1 Å². The Morgan fingerprint density at radius 1 is 1.36 bits per heavy atom. The minimum Gasteiger partial charge on any atom is -0.439 e. The fourth-order valence-corrected chi connectivity index (χ4v) is 3.03. The number of hydrogen-bond acceptors (Lipinski definition) is 7. The highest BCUT2D eigenvalue weighted by molar-refractivity contribution is 5.69. The monoisotopic (exact) mass is 376 g/mol. The van der Waals surface area contributed by atoms with E-state index in [9.17, 15) is 5.26 Å². The minimum absolute atomic E-state index is 0.0407. The van der Waals surface area contributed by atoms with Gasteiger partial charge in [-0.2, -0.15) is 10.4 Å². The van der Waals surface area contributed by atoms with E-state index in [0.717, 1.165) is 22.5 Å². The van der Waals surface area contributed by atoms with Crippen LogP contribution in [0.4, 0.5) is 0 Å². The summed E-state index contributed by atoms with van der Waals surface area (Å²) >= 11 is 0. The zero-order valence-electron chi connectivity index (χ0n) is 15.4. The molecule has 28 heavy (non-hydrogen) atoms. The molecule has 0 radical (unpaired) electrons. The lowest BCUT2D eigenvalue weighted by atomic mass is 10.1. The summed E-state index contributed by atoms with van der Waals surface area (Å²) in [5, 5.41) is 17.0. The Kier molecular flexibility index (Phi) is 5.04. The van der Waals surface area contributed by atoms with E-state index < -0.39 is 0 Å². The van der Waals surface area contributed by atoms with Gasteiger partial charge in [-0.25, -0.2) is 4.68 Å². The van der Waals surface area contributed by atoms with Crippen molar-refractivity contribution in [2.45, 2.75) is 12.6 Å². The van der Waals surface area contributed by atoms with Crippen molar-refractivity contribution in [3.8, 4) is 29.0 Å². The van der Waals surface area contributed by atoms with E-state index in [-0.39, 0.29) is 6.04 Å². The Bertz CT molecular complexity index is 1020. The van der Waals surface area contributed by atoms with E-state index in [4.69, 9.17) is 15.2 Å². The fraction of sp³-hybridized carbons (Fsp3) is 0.250. The topological polar surface area (TPSA) is 111 Å². The van der Waals surface area contributed by atoms with Crippen LogP contribution in [0.25, 0.3) is 11.3 Å². The van der Waals surface area contributed by atoms with Gasteiger partial charge in [-0.05, 0) is 29.8 Å². The number of nitrogens with two attached hydrogens (primary N) is 1. The normalized spacial score (nSPS) is 16.1.